The van der Waals surface area contributed by atoms with Gasteiger partial charge in [0, 0.05) is 0 Å². The molecule has 2 N–H and O–H groups in total. The Morgan fingerprint density at radius 3 is 0.800 bits per heavy atom. The third kappa shape index (κ3) is 16100. The van der Waals surface area contributed by atoms with Gasteiger partial charge >= 0.3 is 2.85 Å². The summed E-state index contributed by atoms with van der Waals surface area (Å²) in [4.78, 5) is 0. The van der Waals surface area contributed by atoms with Gasteiger partial charge in [0.15, 0.2) is 0 Å². The Hall–Kier alpha value is -1.72. The minimum atomic E-state index is 0. The summed E-state index contributed by atoms with van der Waals surface area (Å²) in [5.74, 6) is 0. The van der Waals surface area contributed by atoms with E-state index in [0.29, 0.717) is 0 Å². The van der Waals surface area contributed by atoms with E-state index >= 15 is 0 Å². The molecule has 80 valence electrons. The quantitative estimate of drug-likeness (QED) is 0.333. The van der Waals surface area contributed by atoms with Crippen LogP contribution in [0.3, 0.4) is 0 Å². The Bertz CT molecular complexity index is 188. The van der Waals surface area contributed by atoms with Gasteiger partial charge in [-0.3, -0.25) is 0 Å². The Morgan fingerprint density at radius 1 is 0.667 bits per heavy atom. The third-order valence-electron chi connectivity index (χ3n) is 0.118. The molecule has 0 atom stereocenters. The molecule has 0 aliphatic rings. The zero-order valence-corrected chi connectivity index (χ0v) is 10.8. The molecule has 0 fully saturated rings. The van der Waals surface area contributed by atoms with Crippen LogP contribution in [0.15, 0.2) is 0 Å². The highest BCUT2D eigenvalue weighted by atomic mass is 35.5. The van der Waals surface area contributed by atoms with Crippen LogP contribution in [0.4, 0.5) is 0 Å². The average Bonchev–Trinajstić information content (AvgIpc) is 2.30. The van der Waals surface area contributed by atoms with Gasteiger partial charge in [-0.25, -0.2) is 0 Å². The van der Waals surface area contributed by atoms with Gasteiger partial charge in [-0.15, -0.1) is 63.4 Å². The predicted octanol–water partition coefficient (Wildman–Crippen LogP) is -3.18. The fourth-order valence-electron chi connectivity index (χ4n) is 0.0340. The van der Waals surface area contributed by atoms with E-state index in [1.807, 2.05) is 0 Å². The summed E-state index contributed by atoms with van der Waals surface area (Å²) in [6.45, 7) is 0. The van der Waals surface area contributed by atoms with Gasteiger partial charge in [0.1, 0.15) is 0 Å². The monoisotopic (exact) mass is 257 g/mol. The first-order valence-electron chi connectivity index (χ1n) is 2.32. The molecule has 0 aliphatic heterocycles. The maximum absolute atomic E-state index is 4.87. The smallest absolute Gasteiger partial charge is 1.00 e. The van der Waals surface area contributed by atoms with Crippen molar-refractivity contribution in [2.75, 3.05) is 0 Å². The zero-order chi connectivity index (χ0) is 12.1. The Balaban J connectivity index is -0.00000000686. The lowest BCUT2D eigenvalue weighted by Gasteiger charge is -1.66. The van der Waals surface area contributed by atoms with E-state index in [1.54, 1.807) is 0 Å². The molecule has 0 radical (unpaired) electrons. The topological polar surface area (TPSA) is 40.7 Å². The van der Waals surface area contributed by atoms with Crippen molar-refractivity contribution in [1.29, 1.82) is 0 Å². The standard InChI is InChI=1S/C2H2OSi2.4C2H2.ClH.H2O/c1-4-3-5-2;4*1-2;;/h1-2H;4*1-2H;1H;1H2/p+1. The number of halogens is 1. The fourth-order valence-corrected chi connectivity index (χ4v) is 0.306. The Morgan fingerprint density at radius 2 is 0.800 bits per heavy atom. The van der Waals surface area contributed by atoms with E-state index in [-0.39, 0.29) is 39.1 Å². The van der Waals surface area contributed by atoms with Crippen LogP contribution in [0.1, 0.15) is 2.85 Å². The second-order valence-corrected chi connectivity index (χ2v) is 1.63. The number of terminal acetylenes is 4. The molecule has 0 spiro atoms. The maximum atomic E-state index is 4.87. The van der Waals surface area contributed by atoms with Crippen molar-refractivity contribution in [3.63, 3.8) is 0 Å². The van der Waals surface area contributed by atoms with E-state index in [1.165, 1.54) is 0 Å². The maximum Gasteiger partial charge on any atom is 1.00 e. The van der Waals surface area contributed by atoms with Crippen LogP contribution in [0, 0.1) is 63.4 Å². The van der Waals surface area contributed by atoms with Crippen LogP contribution in [0.5, 0.6) is 0 Å². The molecule has 0 aromatic carbocycles. The van der Waals surface area contributed by atoms with Gasteiger partial charge in [-0.1, -0.05) is 0 Å². The Labute approximate surface area is 107 Å². The van der Waals surface area contributed by atoms with E-state index < -0.39 is 0 Å². The summed E-state index contributed by atoms with van der Waals surface area (Å²) < 4.78 is 4.44. The van der Waals surface area contributed by atoms with Crippen molar-refractivity contribution in [3.8, 4) is 63.4 Å². The van der Waals surface area contributed by atoms with Crippen molar-refractivity contribution in [2.45, 2.75) is 0 Å². The van der Waals surface area contributed by atoms with Gasteiger partial charge < -0.3 is 22.0 Å². The molecule has 0 saturated heterocycles. The fraction of sp³-hybridized carbons (Fsp3) is 0. The van der Waals surface area contributed by atoms with Crippen LogP contribution in [0.2, 0.25) is 0 Å². The lowest BCUT2D eigenvalue weighted by molar-refractivity contribution is -0.00000443. The first-order valence-corrected chi connectivity index (χ1v) is 4.29. The molecule has 0 aromatic heterocycles. The number of hydrogen-bond acceptors (Lipinski definition) is 1. The lowest BCUT2D eigenvalue weighted by atomic mass is 11.4. The minimum Gasteiger partial charge on any atom is -1.00 e. The normalized spacial score (nSPS) is 1.73. The Kier molecular flexibility index (Phi) is 3210. The molecule has 0 aromatic rings. The van der Waals surface area contributed by atoms with Gasteiger partial charge in [-0.05, 0) is 0 Å². The molecule has 0 saturated carbocycles. The molecular formula is C10H14ClO2Si2+. The van der Waals surface area contributed by atoms with E-state index in [2.05, 4.69) is 55.5 Å². The van der Waals surface area contributed by atoms with Crippen LogP contribution < -0.4 is 12.4 Å². The first-order chi connectivity index (χ1) is 6.41. The average molecular weight is 258 g/mol. The molecule has 0 bridgehead atoms. The summed E-state index contributed by atoms with van der Waals surface area (Å²) in [7, 11) is 0.0903. The molecule has 0 amide bonds. The van der Waals surface area contributed by atoms with Crippen molar-refractivity contribution in [3.05, 3.63) is 0 Å². The highest BCUT2D eigenvalue weighted by Gasteiger charge is 1.47. The summed E-state index contributed by atoms with van der Waals surface area (Å²) in [5.41, 5.74) is 0. The SMILES string of the molecule is C#C.C#C.C#C.C#C.C#[Si]O[Si]#C.O.[Cl-].[H+].[H+]. The summed E-state index contributed by atoms with van der Waals surface area (Å²) in [6.07, 6.45) is 32.0. The third-order valence-corrected chi connectivity index (χ3v) is 1.06. The molecule has 2 nitrogen and oxygen atoms in total. The minimum absolute atomic E-state index is 0. The van der Waals surface area contributed by atoms with Gasteiger partial charge in [0.05, 0.1) is 0 Å². The van der Waals surface area contributed by atoms with Gasteiger partial charge in [0.2, 0.25) is 18.4 Å². The van der Waals surface area contributed by atoms with E-state index in [0.717, 1.165) is 0 Å². The van der Waals surface area contributed by atoms with E-state index in [9.17, 15) is 0 Å². The number of rotatable bonds is 0. The lowest BCUT2D eigenvalue weighted by Crippen LogP contribution is -3.00. The van der Waals surface area contributed by atoms with Gasteiger partial charge in [-0.2, -0.15) is 0 Å². The summed E-state index contributed by atoms with van der Waals surface area (Å²) in [5, 5.41) is 0. The van der Waals surface area contributed by atoms with Crippen LogP contribution in [-0.4, -0.2) is 23.9 Å². The highest BCUT2D eigenvalue weighted by Crippen LogP contribution is 1.32. The highest BCUT2D eigenvalue weighted by molar-refractivity contribution is 6.28. The molecule has 5 heteroatoms. The second-order valence-electron chi connectivity index (χ2n) is 0.338. The van der Waals surface area contributed by atoms with Crippen LogP contribution in [0.25, 0.3) is 0 Å². The van der Waals surface area contributed by atoms with E-state index in [4.69, 9.17) is 12.0 Å². The van der Waals surface area contributed by atoms with Crippen LogP contribution >= 0.6 is 0 Å². The predicted molar refractivity (Wildman–Crippen MR) is 67.9 cm³/mol. The largest absolute Gasteiger partial charge is 1.00 e. The number of hydrogen-bond donors (Lipinski definition) is 0. The first kappa shape index (κ1) is 50.8. The van der Waals surface area contributed by atoms with Crippen molar-refractivity contribution in [1.82, 2.24) is 0 Å². The van der Waals surface area contributed by atoms with Crippen LogP contribution in [-0.2, 0) is 4.12 Å². The molecule has 0 rings (SSSR count). The molecule has 0 aliphatic carbocycles. The summed E-state index contributed by atoms with van der Waals surface area (Å²) >= 11 is 0. The van der Waals surface area contributed by atoms with Crippen molar-refractivity contribution in [2.24, 2.45) is 0 Å². The van der Waals surface area contributed by atoms with Crippen molar-refractivity contribution >= 4 is 18.4 Å². The molecular weight excluding hydrogens is 244 g/mol. The second kappa shape index (κ2) is 949. The van der Waals surface area contributed by atoms with Crippen molar-refractivity contribution < 1.29 is 24.9 Å². The zero-order valence-electron chi connectivity index (χ0n) is 10.1. The van der Waals surface area contributed by atoms with Gasteiger partial charge in [0.25, 0.3) is 0 Å². The summed E-state index contributed by atoms with van der Waals surface area (Å²) in [6, 6.07) is 9.74. The molecule has 0 heterocycles. The molecule has 0 unspecified atom stereocenters. The molecule has 15 heavy (non-hydrogen) atoms.